The molecule has 0 amide bonds. The van der Waals surface area contributed by atoms with Gasteiger partial charge in [0.1, 0.15) is 18.3 Å². The molecule has 0 aliphatic heterocycles. The molecule has 0 aromatic rings. The molecule has 0 heterocycles. The number of hydrogen-bond acceptors (Lipinski definition) is 6. The van der Waals surface area contributed by atoms with E-state index in [4.69, 9.17) is 14.2 Å². The molecule has 3 fully saturated rings. The molecule has 3 rings (SSSR count). The van der Waals surface area contributed by atoms with Crippen LogP contribution in [0.1, 0.15) is 117 Å². The Kier molecular flexibility index (Phi) is 8.62. The van der Waals surface area contributed by atoms with Gasteiger partial charge in [0.2, 0.25) is 0 Å². The van der Waals surface area contributed by atoms with E-state index in [9.17, 15) is 14.4 Å². The summed E-state index contributed by atoms with van der Waals surface area (Å²) in [5.74, 6) is -1.83. The van der Waals surface area contributed by atoms with Gasteiger partial charge in [-0.1, -0.05) is 19.3 Å². The number of carbonyl (C=O) groups is 3. The summed E-state index contributed by atoms with van der Waals surface area (Å²) in [7, 11) is 0. The second-order valence-electron chi connectivity index (χ2n) is 10.7. The van der Waals surface area contributed by atoms with Gasteiger partial charge in [0.25, 0.3) is 0 Å². The maximum absolute atomic E-state index is 13.5. The lowest BCUT2D eigenvalue weighted by Crippen LogP contribution is -2.56. The van der Waals surface area contributed by atoms with Gasteiger partial charge in [-0.3, -0.25) is 14.4 Å². The van der Waals surface area contributed by atoms with E-state index >= 15 is 0 Å². The van der Waals surface area contributed by atoms with Crippen LogP contribution in [-0.2, 0) is 28.6 Å². The lowest BCUT2D eigenvalue weighted by Gasteiger charge is -2.40. The zero-order valence-electron chi connectivity index (χ0n) is 20.3. The third kappa shape index (κ3) is 5.66. The fraction of sp³-hybridized carbons (Fsp3) is 0.885. The van der Waals surface area contributed by atoms with Crippen LogP contribution in [0.5, 0.6) is 0 Å². The number of hydrogen-bond donors (Lipinski definition) is 0. The van der Waals surface area contributed by atoms with Crippen LogP contribution in [0.3, 0.4) is 0 Å². The number of rotatable bonds is 7. The molecule has 0 aromatic heterocycles. The minimum atomic E-state index is -1.76. The molecule has 3 aliphatic rings. The highest BCUT2D eigenvalue weighted by Crippen LogP contribution is 2.44. The van der Waals surface area contributed by atoms with Crippen LogP contribution in [0.25, 0.3) is 0 Å². The first-order chi connectivity index (χ1) is 15.2. The molecule has 6 nitrogen and oxygen atoms in total. The third-order valence-corrected chi connectivity index (χ3v) is 8.05. The second kappa shape index (κ2) is 11.0. The van der Waals surface area contributed by atoms with Gasteiger partial charge in [0.05, 0.1) is 5.41 Å². The highest BCUT2D eigenvalue weighted by atomic mass is 16.6. The summed E-state index contributed by atoms with van der Waals surface area (Å²) in [6, 6.07) is 0. The van der Waals surface area contributed by atoms with E-state index in [1.807, 2.05) is 0 Å². The molecule has 0 bridgehead atoms. The van der Waals surface area contributed by atoms with Crippen LogP contribution in [0.4, 0.5) is 0 Å². The van der Waals surface area contributed by atoms with Crippen molar-refractivity contribution in [1.29, 1.82) is 0 Å². The average molecular weight is 451 g/mol. The van der Waals surface area contributed by atoms with E-state index in [2.05, 4.69) is 0 Å². The normalized spacial score (nSPS) is 22.2. The number of esters is 3. The molecular weight excluding hydrogens is 408 g/mol. The SMILES string of the molecule is CC(C)(C(=O)OC1CCCCC1)C(C)(C(=O)OC1CCCCC1)C(=O)OC1CCCCC1. The maximum atomic E-state index is 13.5. The predicted octanol–water partition coefficient (Wildman–Crippen LogP) is 5.65. The first-order valence-electron chi connectivity index (χ1n) is 12.9. The largest absolute Gasteiger partial charge is 0.462 e. The van der Waals surface area contributed by atoms with Crippen molar-refractivity contribution in [3.8, 4) is 0 Å². The summed E-state index contributed by atoms with van der Waals surface area (Å²) < 4.78 is 17.5. The van der Waals surface area contributed by atoms with Crippen molar-refractivity contribution >= 4 is 17.9 Å². The molecule has 3 aliphatic carbocycles. The van der Waals surface area contributed by atoms with Crippen molar-refractivity contribution < 1.29 is 28.6 Å². The summed E-state index contributed by atoms with van der Waals surface area (Å²) in [4.78, 5) is 40.4. The van der Waals surface area contributed by atoms with E-state index in [1.165, 1.54) is 6.92 Å². The Morgan fingerprint density at radius 3 is 1.09 bits per heavy atom. The van der Waals surface area contributed by atoms with E-state index in [-0.39, 0.29) is 18.3 Å². The lowest BCUT2D eigenvalue weighted by atomic mass is 9.66. The van der Waals surface area contributed by atoms with Crippen molar-refractivity contribution in [1.82, 2.24) is 0 Å². The molecule has 32 heavy (non-hydrogen) atoms. The van der Waals surface area contributed by atoms with Crippen molar-refractivity contribution in [2.75, 3.05) is 0 Å². The zero-order chi connectivity index (χ0) is 23.2. The molecule has 0 atom stereocenters. The topological polar surface area (TPSA) is 78.9 Å². The minimum Gasteiger partial charge on any atom is -0.462 e. The summed E-state index contributed by atoms with van der Waals surface area (Å²) in [5, 5.41) is 0. The minimum absolute atomic E-state index is 0.150. The van der Waals surface area contributed by atoms with E-state index < -0.39 is 28.7 Å². The molecule has 0 saturated heterocycles. The van der Waals surface area contributed by atoms with Crippen molar-refractivity contribution in [3.05, 3.63) is 0 Å². The van der Waals surface area contributed by atoms with E-state index in [0.717, 1.165) is 96.3 Å². The fourth-order valence-electron chi connectivity index (χ4n) is 5.18. The van der Waals surface area contributed by atoms with Crippen molar-refractivity contribution in [2.24, 2.45) is 10.8 Å². The van der Waals surface area contributed by atoms with Gasteiger partial charge in [-0.05, 0) is 97.8 Å². The lowest BCUT2D eigenvalue weighted by molar-refractivity contribution is -0.198. The summed E-state index contributed by atoms with van der Waals surface area (Å²) in [6.07, 6.45) is 13.8. The zero-order valence-corrected chi connectivity index (χ0v) is 20.3. The van der Waals surface area contributed by atoms with Gasteiger partial charge in [-0.25, -0.2) is 0 Å². The van der Waals surface area contributed by atoms with Crippen LogP contribution in [0, 0.1) is 10.8 Å². The molecule has 3 saturated carbocycles. The maximum Gasteiger partial charge on any atom is 0.324 e. The Balaban J connectivity index is 1.80. The third-order valence-electron chi connectivity index (χ3n) is 8.05. The van der Waals surface area contributed by atoms with Crippen LogP contribution in [0.15, 0.2) is 0 Å². The number of ether oxygens (including phenoxy) is 3. The molecule has 0 aromatic carbocycles. The van der Waals surface area contributed by atoms with Crippen LogP contribution in [0.2, 0.25) is 0 Å². The van der Waals surface area contributed by atoms with Crippen LogP contribution < -0.4 is 0 Å². The Morgan fingerprint density at radius 2 is 0.781 bits per heavy atom. The molecule has 0 spiro atoms. The molecule has 0 N–H and O–H groups in total. The first kappa shape index (κ1) is 25.0. The Labute approximate surface area is 193 Å². The van der Waals surface area contributed by atoms with Gasteiger partial charge in [0, 0.05) is 0 Å². The summed E-state index contributed by atoms with van der Waals surface area (Å²) in [6.45, 7) is 4.77. The molecule has 0 radical (unpaired) electrons. The monoisotopic (exact) mass is 450 g/mol. The molecule has 182 valence electrons. The Bertz CT molecular complexity index is 619. The second-order valence-corrected chi connectivity index (χ2v) is 10.7. The van der Waals surface area contributed by atoms with Crippen molar-refractivity contribution in [3.63, 3.8) is 0 Å². The van der Waals surface area contributed by atoms with E-state index in [1.54, 1.807) is 13.8 Å². The Hall–Kier alpha value is -1.59. The van der Waals surface area contributed by atoms with Gasteiger partial charge in [-0.15, -0.1) is 0 Å². The Morgan fingerprint density at radius 1 is 0.500 bits per heavy atom. The predicted molar refractivity (Wildman–Crippen MR) is 121 cm³/mol. The molecule has 6 heteroatoms. The highest BCUT2D eigenvalue weighted by molar-refractivity contribution is 6.05. The fourth-order valence-corrected chi connectivity index (χ4v) is 5.18. The quantitative estimate of drug-likeness (QED) is 0.283. The molecular formula is C26H42O6. The molecule has 0 unspecified atom stereocenters. The van der Waals surface area contributed by atoms with Crippen LogP contribution in [-0.4, -0.2) is 36.2 Å². The van der Waals surface area contributed by atoms with Gasteiger partial charge in [0.15, 0.2) is 5.41 Å². The standard InChI is InChI=1S/C26H42O6/c1-25(2,22(27)30-19-13-7-4-8-14-19)26(3,23(28)31-20-15-9-5-10-16-20)24(29)32-21-17-11-6-12-18-21/h19-21H,4-18H2,1-3H3. The van der Waals surface area contributed by atoms with Gasteiger partial charge in [-0.2, -0.15) is 0 Å². The average Bonchev–Trinajstić information content (AvgIpc) is 2.80. The van der Waals surface area contributed by atoms with Crippen molar-refractivity contribution in [2.45, 2.75) is 135 Å². The first-order valence-corrected chi connectivity index (χ1v) is 12.9. The number of carbonyl (C=O) groups excluding carboxylic acids is 3. The van der Waals surface area contributed by atoms with Crippen LogP contribution >= 0.6 is 0 Å². The highest BCUT2D eigenvalue weighted by Gasteiger charge is 2.61. The van der Waals surface area contributed by atoms with Gasteiger partial charge >= 0.3 is 17.9 Å². The smallest absolute Gasteiger partial charge is 0.324 e. The van der Waals surface area contributed by atoms with Gasteiger partial charge < -0.3 is 14.2 Å². The summed E-state index contributed by atoms with van der Waals surface area (Å²) in [5.41, 5.74) is -3.16. The van der Waals surface area contributed by atoms with E-state index in [0.29, 0.717) is 0 Å². The summed E-state index contributed by atoms with van der Waals surface area (Å²) >= 11 is 0.